The van der Waals surface area contributed by atoms with E-state index in [9.17, 15) is 4.79 Å². The smallest absolute Gasteiger partial charge is 0.152 e. The first-order valence-electron chi connectivity index (χ1n) is 7.01. The van der Waals surface area contributed by atoms with Gasteiger partial charge in [-0.25, -0.2) is 0 Å². The Morgan fingerprint density at radius 1 is 1.50 bits per heavy atom. The number of carbonyl (C=O) groups is 1. The summed E-state index contributed by atoms with van der Waals surface area (Å²) in [5.41, 5.74) is 2.12. The first kappa shape index (κ1) is 13.3. The van der Waals surface area contributed by atoms with Crippen LogP contribution in [-0.2, 0) is 24.2 Å². The highest BCUT2D eigenvalue weighted by molar-refractivity contribution is 5.82. The lowest BCUT2D eigenvalue weighted by atomic mass is 10.2. The molecule has 0 spiro atoms. The summed E-state index contributed by atoms with van der Waals surface area (Å²) < 4.78 is 1.94. The largest absolute Gasteiger partial charge is 0.310 e. The molecule has 0 saturated heterocycles. The molecule has 0 radical (unpaired) electrons. The number of rotatable bonds is 8. The minimum Gasteiger partial charge on any atom is -0.310 e. The fraction of sp³-hybridized carbons (Fsp3) is 0.714. The van der Waals surface area contributed by atoms with Crippen molar-refractivity contribution < 1.29 is 4.79 Å². The summed E-state index contributed by atoms with van der Waals surface area (Å²) in [6.45, 7) is 6.47. The summed E-state index contributed by atoms with van der Waals surface area (Å²) >= 11 is 0. The molecule has 2 rings (SSSR count). The molecule has 0 atom stereocenters. The van der Waals surface area contributed by atoms with Gasteiger partial charge in [-0.2, -0.15) is 5.10 Å². The van der Waals surface area contributed by atoms with Crippen molar-refractivity contribution in [3.8, 4) is 0 Å². The molecule has 1 aliphatic carbocycles. The van der Waals surface area contributed by atoms with Crippen LogP contribution in [0.3, 0.4) is 0 Å². The van der Waals surface area contributed by atoms with E-state index >= 15 is 0 Å². The van der Waals surface area contributed by atoms with E-state index in [4.69, 9.17) is 0 Å². The van der Waals surface area contributed by atoms with Crippen LogP contribution >= 0.6 is 0 Å². The van der Waals surface area contributed by atoms with Crippen molar-refractivity contribution >= 4 is 5.78 Å². The molecule has 1 fully saturated rings. The lowest BCUT2D eigenvalue weighted by molar-refractivity contribution is -0.117. The number of Topliss-reactive ketones (excluding diaryl/α,β-unsaturated/α-hetero) is 1. The van der Waals surface area contributed by atoms with Crippen molar-refractivity contribution in [2.24, 2.45) is 5.92 Å². The molecule has 0 bridgehead atoms. The zero-order chi connectivity index (χ0) is 13.0. The third kappa shape index (κ3) is 3.67. The minimum absolute atomic E-state index is 0.257. The summed E-state index contributed by atoms with van der Waals surface area (Å²) in [6.07, 6.45) is 4.07. The van der Waals surface area contributed by atoms with E-state index in [-0.39, 0.29) is 5.78 Å². The SMILES string of the molecule is CCc1cc(CC(=O)CNCC2CC2)n(CC)n1. The number of carbonyl (C=O) groups excluding carboxylic acids is 1. The van der Waals surface area contributed by atoms with Crippen molar-refractivity contribution in [1.82, 2.24) is 15.1 Å². The fourth-order valence-electron chi connectivity index (χ4n) is 2.11. The van der Waals surface area contributed by atoms with Gasteiger partial charge in [-0.15, -0.1) is 0 Å². The van der Waals surface area contributed by atoms with Crippen molar-refractivity contribution in [1.29, 1.82) is 0 Å². The second kappa shape index (κ2) is 6.14. The maximum atomic E-state index is 11.9. The molecule has 4 nitrogen and oxygen atoms in total. The van der Waals surface area contributed by atoms with Gasteiger partial charge in [0.05, 0.1) is 12.2 Å². The molecule has 1 heterocycles. The van der Waals surface area contributed by atoms with E-state index in [0.717, 1.165) is 36.8 Å². The predicted octanol–water partition coefficient (Wildman–Crippen LogP) is 1.58. The quantitative estimate of drug-likeness (QED) is 0.761. The minimum atomic E-state index is 0.257. The lowest BCUT2D eigenvalue weighted by Gasteiger charge is -2.05. The molecule has 0 aliphatic heterocycles. The second-order valence-corrected chi connectivity index (χ2v) is 5.09. The summed E-state index contributed by atoms with van der Waals surface area (Å²) in [7, 11) is 0. The number of nitrogens with one attached hydrogen (secondary N) is 1. The van der Waals surface area contributed by atoms with Crippen LogP contribution in [0, 0.1) is 5.92 Å². The summed E-state index contributed by atoms with van der Waals surface area (Å²) in [6, 6.07) is 2.06. The highest BCUT2D eigenvalue weighted by atomic mass is 16.1. The first-order valence-corrected chi connectivity index (χ1v) is 7.01. The molecule has 18 heavy (non-hydrogen) atoms. The number of ketones is 1. The van der Waals surface area contributed by atoms with Gasteiger partial charge in [0.2, 0.25) is 0 Å². The summed E-state index contributed by atoms with van der Waals surface area (Å²) in [5.74, 6) is 1.08. The molecule has 100 valence electrons. The van der Waals surface area contributed by atoms with Gasteiger partial charge in [-0.3, -0.25) is 9.48 Å². The van der Waals surface area contributed by atoms with Gasteiger partial charge in [0.1, 0.15) is 0 Å². The molecule has 1 aromatic rings. The number of hydrogen-bond acceptors (Lipinski definition) is 3. The maximum absolute atomic E-state index is 11.9. The van der Waals surface area contributed by atoms with Crippen molar-refractivity contribution in [3.05, 3.63) is 17.5 Å². The van der Waals surface area contributed by atoms with E-state index in [1.165, 1.54) is 12.8 Å². The zero-order valence-corrected chi connectivity index (χ0v) is 11.4. The summed E-state index contributed by atoms with van der Waals surface area (Å²) in [5, 5.41) is 7.71. The van der Waals surface area contributed by atoms with Crippen molar-refractivity contribution in [2.45, 2.75) is 46.1 Å². The fourth-order valence-corrected chi connectivity index (χ4v) is 2.11. The lowest BCUT2D eigenvalue weighted by Crippen LogP contribution is -2.26. The predicted molar refractivity (Wildman–Crippen MR) is 71.6 cm³/mol. The van der Waals surface area contributed by atoms with Gasteiger partial charge < -0.3 is 5.32 Å². The van der Waals surface area contributed by atoms with Gasteiger partial charge in [0.25, 0.3) is 0 Å². The van der Waals surface area contributed by atoms with Crippen LogP contribution in [0.15, 0.2) is 6.07 Å². The molecule has 1 aliphatic rings. The molecular formula is C14H23N3O. The topological polar surface area (TPSA) is 46.9 Å². The Morgan fingerprint density at radius 3 is 2.89 bits per heavy atom. The number of nitrogens with zero attached hydrogens (tertiary/aromatic N) is 2. The third-order valence-corrected chi connectivity index (χ3v) is 3.41. The van der Waals surface area contributed by atoms with E-state index in [1.54, 1.807) is 0 Å². The van der Waals surface area contributed by atoms with Crippen LogP contribution in [0.4, 0.5) is 0 Å². The van der Waals surface area contributed by atoms with Gasteiger partial charge in [0.15, 0.2) is 5.78 Å². The standard InChI is InChI=1S/C14H23N3O/c1-3-12-7-13(17(4-2)16-12)8-14(18)10-15-9-11-5-6-11/h7,11,15H,3-6,8-10H2,1-2H3. The Hall–Kier alpha value is -1.16. The Balaban J connectivity index is 1.82. The van der Waals surface area contributed by atoms with Crippen LogP contribution in [-0.4, -0.2) is 28.7 Å². The van der Waals surface area contributed by atoms with Crippen molar-refractivity contribution in [3.63, 3.8) is 0 Å². The molecule has 0 unspecified atom stereocenters. The van der Waals surface area contributed by atoms with Crippen LogP contribution in [0.2, 0.25) is 0 Å². The molecule has 1 saturated carbocycles. The van der Waals surface area contributed by atoms with E-state index < -0.39 is 0 Å². The van der Waals surface area contributed by atoms with E-state index in [0.29, 0.717) is 13.0 Å². The van der Waals surface area contributed by atoms with Gasteiger partial charge in [-0.05, 0) is 44.7 Å². The zero-order valence-electron chi connectivity index (χ0n) is 11.4. The highest BCUT2D eigenvalue weighted by Crippen LogP contribution is 2.27. The van der Waals surface area contributed by atoms with E-state index in [1.807, 2.05) is 4.68 Å². The molecule has 4 heteroatoms. The Kier molecular flexibility index (Phi) is 4.53. The molecule has 0 aromatic carbocycles. The van der Waals surface area contributed by atoms with Crippen LogP contribution < -0.4 is 5.32 Å². The summed E-state index contributed by atoms with van der Waals surface area (Å²) in [4.78, 5) is 11.9. The van der Waals surface area contributed by atoms with Crippen molar-refractivity contribution in [2.75, 3.05) is 13.1 Å². The maximum Gasteiger partial charge on any atom is 0.152 e. The number of aryl methyl sites for hydroxylation is 2. The van der Waals surface area contributed by atoms with Crippen LogP contribution in [0.25, 0.3) is 0 Å². The Labute approximate surface area is 109 Å². The number of hydrogen-bond donors (Lipinski definition) is 1. The Bertz CT molecular complexity index is 407. The molecule has 0 amide bonds. The Morgan fingerprint density at radius 2 is 2.28 bits per heavy atom. The van der Waals surface area contributed by atoms with Gasteiger partial charge in [0, 0.05) is 18.7 Å². The monoisotopic (exact) mass is 249 g/mol. The molecule has 1 aromatic heterocycles. The molecular weight excluding hydrogens is 226 g/mol. The average Bonchev–Trinajstić information content (AvgIpc) is 3.09. The van der Waals surface area contributed by atoms with E-state index in [2.05, 4.69) is 30.3 Å². The molecule has 1 N–H and O–H groups in total. The van der Waals surface area contributed by atoms with Crippen LogP contribution in [0.1, 0.15) is 38.1 Å². The highest BCUT2D eigenvalue weighted by Gasteiger charge is 2.20. The average molecular weight is 249 g/mol. The van der Waals surface area contributed by atoms with Crippen LogP contribution in [0.5, 0.6) is 0 Å². The number of aromatic nitrogens is 2. The van der Waals surface area contributed by atoms with Gasteiger partial charge in [-0.1, -0.05) is 6.92 Å². The first-order chi connectivity index (χ1) is 8.72. The normalized spacial score (nSPS) is 15.0. The third-order valence-electron chi connectivity index (χ3n) is 3.41. The van der Waals surface area contributed by atoms with Gasteiger partial charge >= 0.3 is 0 Å². The second-order valence-electron chi connectivity index (χ2n) is 5.09.